The molecule has 0 saturated heterocycles. The Kier molecular flexibility index (Phi) is 6.22. The van der Waals surface area contributed by atoms with Crippen molar-refractivity contribution in [3.05, 3.63) is 91.5 Å². The van der Waals surface area contributed by atoms with Crippen LogP contribution in [-0.2, 0) is 19.1 Å². The number of aryl methyl sites for hydroxylation is 1. The summed E-state index contributed by atoms with van der Waals surface area (Å²) in [6.45, 7) is 2.57. The van der Waals surface area contributed by atoms with Crippen LogP contribution in [-0.4, -0.2) is 22.3 Å². The van der Waals surface area contributed by atoms with E-state index in [2.05, 4.69) is 0 Å². The van der Waals surface area contributed by atoms with Crippen LogP contribution in [0.3, 0.4) is 0 Å². The second-order valence-corrected chi connectivity index (χ2v) is 7.96. The number of thiophene rings is 1. The number of nitrogens with zero attached hydrogens (tertiary/aromatic N) is 1. The molecular formula is C21H19F3N2O2S. The number of pyridine rings is 1. The number of benzene rings is 1. The fraction of sp³-hybridized carbons (Fsp3) is 0.238. The maximum Gasteiger partial charge on any atom is 0.431 e. The Balaban J connectivity index is 1.85. The van der Waals surface area contributed by atoms with E-state index in [9.17, 15) is 22.8 Å². The molecule has 1 aromatic carbocycles. The summed E-state index contributed by atoms with van der Waals surface area (Å²) >= 11 is 1.53. The standard InChI is InChI=1S/C21H19F3N2O2S/c1-14-7-8-16(29-14)13-26(12-11-15-5-3-2-4-6-15)20(28)17-9-10-18(21(22,23)24)25-19(17)27/h2-10H,11-13H2,1H3,(H,25,27). The van der Waals surface area contributed by atoms with Gasteiger partial charge in [-0.1, -0.05) is 30.3 Å². The Morgan fingerprint density at radius 3 is 2.38 bits per heavy atom. The van der Waals surface area contributed by atoms with Gasteiger partial charge in [-0.15, -0.1) is 11.3 Å². The Morgan fingerprint density at radius 1 is 1.07 bits per heavy atom. The highest BCUT2D eigenvalue weighted by Gasteiger charge is 2.32. The number of carbonyl (C=O) groups is 1. The molecule has 0 saturated carbocycles. The number of rotatable bonds is 6. The molecule has 2 aromatic heterocycles. The first kappa shape index (κ1) is 20.9. The van der Waals surface area contributed by atoms with Crippen molar-refractivity contribution in [1.29, 1.82) is 0 Å². The van der Waals surface area contributed by atoms with Crippen LogP contribution in [0.1, 0.15) is 31.4 Å². The Labute approximate surface area is 169 Å². The van der Waals surface area contributed by atoms with Crippen LogP contribution < -0.4 is 5.56 Å². The van der Waals surface area contributed by atoms with Crippen molar-refractivity contribution in [3.8, 4) is 0 Å². The van der Waals surface area contributed by atoms with E-state index in [1.807, 2.05) is 49.4 Å². The van der Waals surface area contributed by atoms with Crippen molar-refractivity contribution in [2.24, 2.45) is 0 Å². The average Bonchev–Trinajstić information content (AvgIpc) is 3.09. The molecule has 0 spiro atoms. The van der Waals surface area contributed by atoms with Gasteiger partial charge in [-0.05, 0) is 43.2 Å². The maximum absolute atomic E-state index is 13.0. The Morgan fingerprint density at radius 2 is 1.79 bits per heavy atom. The molecule has 0 aliphatic heterocycles. The summed E-state index contributed by atoms with van der Waals surface area (Å²) in [6, 6.07) is 15.0. The van der Waals surface area contributed by atoms with Gasteiger partial charge in [0.2, 0.25) is 0 Å². The minimum absolute atomic E-state index is 0.282. The highest BCUT2D eigenvalue weighted by Crippen LogP contribution is 2.26. The lowest BCUT2D eigenvalue weighted by Gasteiger charge is -2.22. The molecule has 29 heavy (non-hydrogen) atoms. The first-order valence-electron chi connectivity index (χ1n) is 8.93. The number of alkyl halides is 3. The van der Waals surface area contributed by atoms with E-state index in [4.69, 9.17) is 0 Å². The normalized spacial score (nSPS) is 11.4. The average molecular weight is 420 g/mol. The molecule has 0 aliphatic rings. The lowest BCUT2D eigenvalue weighted by Crippen LogP contribution is -2.36. The van der Waals surface area contributed by atoms with Crippen LogP contribution >= 0.6 is 11.3 Å². The fourth-order valence-corrected chi connectivity index (χ4v) is 3.80. The van der Waals surface area contributed by atoms with Gasteiger partial charge in [-0.2, -0.15) is 13.2 Å². The third-order valence-corrected chi connectivity index (χ3v) is 5.37. The molecule has 0 unspecified atom stereocenters. The quantitative estimate of drug-likeness (QED) is 0.631. The number of amides is 1. The number of aromatic amines is 1. The molecule has 8 heteroatoms. The number of halogens is 3. The Bertz CT molecular complexity index is 1040. The van der Waals surface area contributed by atoms with E-state index >= 15 is 0 Å². The second-order valence-electron chi connectivity index (χ2n) is 6.59. The number of hydrogen-bond acceptors (Lipinski definition) is 3. The van der Waals surface area contributed by atoms with E-state index < -0.39 is 23.3 Å². The van der Waals surface area contributed by atoms with Gasteiger partial charge in [-0.3, -0.25) is 9.59 Å². The molecule has 4 nitrogen and oxygen atoms in total. The second kappa shape index (κ2) is 8.65. The third-order valence-electron chi connectivity index (χ3n) is 4.39. The minimum atomic E-state index is -4.68. The van der Waals surface area contributed by atoms with Crippen LogP contribution in [0.25, 0.3) is 0 Å². The van der Waals surface area contributed by atoms with E-state index in [0.29, 0.717) is 13.0 Å². The van der Waals surface area contributed by atoms with Crippen molar-refractivity contribution in [3.63, 3.8) is 0 Å². The van der Waals surface area contributed by atoms with Crippen LogP contribution in [0.5, 0.6) is 0 Å². The highest BCUT2D eigenvalue weighted by atomic mass is 32.1. The molecule has 0 atom stereocenters. The Hall–Kier alpha value is -2.87. The van der Waals surface area contributed by atoms with Crippen LogP contribution in [0.4, 0.5) is 13.2 Å². The van der Waals surface area contributed by atoms with E-state index in [-0.39, 0.29) is 12.1 Å². The number of aromatic nitrogens is 1. The van der Waals surface area contributed by atoms with Crippen LogP contribution in [0.2, 0.25) is 0 Å². The van der Waals surface area contributed by atoms with E-state index in [1.54, 1.807) is 4.98 Å². The SMILES string of the molecule is Cc1ccc(CN(CCc2ccccc2)C(=O)c2ccc(C(F)(F)F)[nH]c2=O)s1. The highest BCUT2D eigenvalue weighted by molar-refractivity contribution is 7.11. The van der Waals surface area contributed by atoms with Crippen LogP contribution in [0.15, 0.2) is 59.4 Å². The van der Waals surface area contributed by atoms with Crippen LogP contribution in [0, 0.1) is 6.92 Å². The fourth-order valence-electron chi connectivity index (χ4n) is 2.90. The third kappa shape index (κ3) is 5.35. The smallest absolute Gasteiger partial charge is 0.333 e. The molecule has 3 rings (SSSR count). The van der Waals surface area contributed by atoms with Crippen molar-refractivity contribution in [1.82, 2.24) is 9.88 Å². The molecule has 1 N–H and O–H groups in total. The molecule has 1 amide bonds. The van der Waals surface area contributed by atoms with Crippen molar-refractivity contribution >= 4 is 17.2 Å². The largest absolute Gasteiger partial charge is 0.431 e. The summed E-state index contributed by atoms with van der Waals surface area (Å²) < 4.78 is 38.4. The molecule has 0 fully saturated rings. The molecule has 0 bridgehead atoms. The molecule has 0 aliphatic carbocycles. The first-order chi connectivity index (χ1) is 13.7. The summed E-state index contributed by atoms with van der Waals surface area (Å²) in [6.07, 6.45) is -4.11. The van der Waals surface area contributed by atoms with Crippen molar-refractivity contribution in [2.45, 2.75) is 26.1 Å². The maximum atomic E-state index is 13.0. The lowest BCUT2D eigenvalue weighted by atomic mass is 10.1. The number of carbonyl (C=O) groups excluding carboxylic acids is 1. The summed E-state index contributed by atoms with van der Waals surface area (Å²) in [5.74, 6) is -0.595. The molecule has 152 valence electrons. The zero-order chi connectivity index (χ0) is 21.0. The lowest BCUT2D eigenvalue weighted by molar-refractivity contribution is -0.141. The number of H-pyrrole nitrogens is 1. The molecule has 2 heterocycles. The molecular weight excluding hydrogens is 401 g/mol. The van der Waals surface area contributed by atoms with Gasteiger partial charge >= 0.3 is 6.18 Å². The van der Waals surface area contributed by atoms with Crippen molar-refractivity contribution < 1.29 is 18.0 Å². The summed E-state index contributed by atoms with van der Waals surface area (Å²) in [5, 5.41) is 0. The summed E-state index contributed by atoms with van der Waals surface area (Å²) in [5.41, 5.74) is -1.51. The van der Waals surface area contributed by atoms with Gasteiger partial charge in [0.15, 0.2) is 0 Å². The predicted octanol–water partition coefficient (Wildman–Crippen LogP) is 4.65. The number of nitrogens with one attached hydrogen (secondary N) is 1. The van der Waals surface area contributed by atoms with Gasteiger partial charge in [0.05, 0.1) is 6.54 Å². The van der Waals surface area contributed by atoms with E-state index in [0.717, 1.165) is 27.5 Å². The van der Waals surface area contributed by atoms with Gasteiger partial charge < -0.3 is 9.88 Å². The predicted molar refractivity (Wildman–Crippen MR) is 106 cm³/mol. The minimum Gasteiger partial charge on any atom is -0.333 e. The first-order valence-corrected chi connectivity index (χ1v) is 9.75. The van der Waals surface area contributed by atoms with Crippen molar-refractivity contribution in [2.75, 3.05) is 6.54 Å². The monoisotopic (exact) mass is 420 g/mol. The topological polar surface area (TPSA) is 53.2 Å². The number of hydrogen-bond donors (Lipinski definition) is 1. The zero-order valence-electron chi connectivity index (χ0n) is 15.6. The zero-order valence-corrected chi connectivity index (χ0v) is 16.4. The molecule has 3 aromatic rings. The summed E-state index contributed by atoms with van der Waals surface area (Å²) in [7, 11) is 0. The van der Waals surface area contributed by atoms with Gasteiger partial charge in [0.1, 0.15) is 11.3 Å². The molecule has 0 radical (unpaired) electrons. The van der Waals surface area contributed by atoms with Gasteiger partial charge in [-0.25, -0.2) is 0 Å². The van der Waals surface area contributed by atoms with E-state index in [1.165, 1.54) is 16.2 Å². The van der Waals surface area contributed by atoms with Gasteiger partial charge in [0, 0.05) is 16.3 Å². The van der Waals surface area contributed by atoms with Gasteiger partial charge in [0.25, 0.3) is 11.5 Å². The summed E-state index contributed by atoms with van der Waals surface area (Å²) in [4.78, 5) is 30.4.